The first kappa shape index (κ1) is 13.9. The summed E-state index contributed by atoms with van der Waals surface area (Å²) in [5, 5.41) is 9.50. The fraction of sp³-hybridized carbons (Fsp3) is 0.412. The number of anilines is 1. The third kappa shape index (κ3) is 2.32. The number of piperidine rings is 1. The molecule has 0 N–H and O–H groups in total. The molecule has 0 aromatic carbocycles. The smallest absolute Gasteiger partial charge is 0.318 e. The predicted octanol–water partition coefficient (Wildman–Crippen LogP) is 1.96. The van der Waals surface area contributed by atoms with Crippen LogP contribution >= 0.6 is 0 Å². The maximum absolute atomic E-state index is 5.96. The molecular weight excluding hydrogens is 304 g/mol. The van der Waals surface area contributed by atoms with E-state index in [1.807, 2.05) is 24.3 Å². The van der Waals surface area contributed by atoms with E-state index < -0.39 is 0 Å². The molecule has 3 aliphatic rings. The number of nitrogens with zero attached hydrogens (tertiary/aromatic N) is 6. The number of rotatable bonds is 2. The van der Waals surface area contributed by atoms with Crippen molar-refractivity contribution in [3.8, 4) is 11.6 Å². The van der Waals surface area contributed by atoms with E-state index in [-0.39, 0.29) is 0 Å². The van der Waals surface area contributed by atoms with Crippen molar-refractivity contribution in [3.05, 3.63) is 30.5 Å². The summed E-state index contributed by atoms with van der Waals surface area (Å²) >= 11 is 0. The number of hydrogen-bond donors (Lipinski definition) is 0. The highest BCUT2D eigenvalue weighted by Crippen LogP contribution is 2.28. The average molecular weight is 322 g/mol. The van der Waals surface area contributed by atoms with E-state index in [1.54, 1.807) is 6.20 Å². The van der Waals surface area contributed by atoms with Crippen molar-refractivity contribution < 1.29 is 4.42 Å². The largest absolute Gasteiger partial charge is 0.402 e. The molecule has 0 radical (unpaired) electrons. The van der Waals surface area contributed by atoms with Crippen LogP contribution in [0.4, 0.5) is 6.01 Å². The second kappa shape index (κ2) is 5.52. The first-order valence-electron chi connectivity index (χ1n) is 8.41. The maximum atomic E-state index is 5.96. The number of pyridine rings is 2. The highest BCUT2D eigenvalue weighted by Gasteiger charge is 2.32. The molecule has 2 bridgehead atoms. The predicted molar refractivity (Wildman–Crippen MR) is 89.6 cm³/mol. The van der Waals surface area contributed by atoms with Crippen LogP contribution in [0.3, 0.4) is 0 Å². The third-order valence-corrected chi connectivity index (χ3v) is 5.00. The SMILES string of the molecule is c1cnc2nc(-c3nnc(N4CCN5CCC4CC5)o3)ccc2c1. The quantitative estimate of drug-likeness (QED) is 0.714. The van der Waals surface area contributed by atoms with Crippen LogP contribution in [0.2, 0.25) is 0 Å². The van der Waals surface area contributed by atoms with E-state index in [0.29, 0.717) is 29.3 Å². The molecule has 3 aromatic rings. The highest BCUT2D eigenvalue weighted by atomic mass is 16.4. The van der Waals surface area contributed by atoms with Crippen LogP contribution in [0.5, 0.6) is 0 Å². The van der Waals surface area contributed by atoms with Gasteiger partial charge in [0.15, 0.2) is 5.65 Å². The van der Waals surface area contributed by atoms with Crippen molar-refractivity contribution in [1.82, 2.24) is 25.1 Å². The molecule has 3 aliphatic heterocycles. The summed E-state index contributed by atoms with van der Waals surface area (Å²) in [4.78, 5) is 13.6. The van der Waals surface area contributed by atoms with E-state index in [2.05, 4.69) is 30.0 Å². The summed E-state index contributed by atoms with van der Waals surface area (Å²) in [5.74, 6) is 0.455. The zero-order valence-corrected chi connectivity index (χ0v) is 13.3. The van der Waals surface area contributed by atoms with Gasteiger partial charge in [0.2, 0.25) is 0 Å². The van der Waals surface area contributed by atoms with Gasteiger partial charge in [0.05, 0.1) is 0 Å². The molecule has 0 unspecified atom stereocenters. The van der Waals surface area contributed by atoms with Crippen molar-refractivity contribution in [3.63, 3.8) is 0 Å². The van der Waals surface area contributed by atoms with E-state index in [4.69, 9.17) is 4.42 Å². The van der Waals surface area contributed by atoms with E-state index in [1.165, 1.54) is 13.1 Å². The Hall–Kier alpha value is -2.54. The Morgan fingerprint density at radius 1 is 1.00 bits per heavy atom. The second-order valence-corrected chi connectivity index (χ2v) is 6.40. The lowest BCUT2D eigenvalue weighted by molar-refractivity contribution is 0.249. The topological polar surface area (TPSA) is 71.2 Å². The van der Waals surface area contributed by atoms with Gasteiger partial charge in [-0.2, -0.15) is 0 Å². The van der Waals surface area contributed by atoms with Crippen LogP contribution < -0.4 is 4.90 Å². The Morgan fingerprint density at radius 3 is 2.83 bits per heavy atom. The fourth-order valence-electron chi connectivity index (χ4n) is 3.65. The zero-order chi connectivity index (χ0) is 15.9. The van der Waals surface area contributed by atoms with Gasteiger partial charge in [-0.3, -0.25) is 0 Å². The van der Waals surface area contributed by atoms with Crippen LogP contribution in [0.25, 0.3) is 22.6 Å². The Labute approximate surface area is 139 Å². The molecule has 7 heteroatoms. The molecule has 122 valence electrons. The Kier molecular flexibility index (Phi) is 3.19. The van der Waals surface area contributed by atoms with E-state index in [0.717, 1.165) is 31.3 Å². The van der Waals surface area contributed by atoms with Gasteiger partial charge >= 0.3 is 6.01 Å². The minimum atomic E-state index is 0.455. The summed E-state index contributed by atoms with van der Waals surface area (Å²) in [6, 6.07) is 8.89. The minimum Gasteiger partial charge on any atom is -0.402 e. The Morgan fingerprint density at radius 2 is 1.92 bits per heavy atom. The summed E-state index contributed by atoms with van der Waals surface area (Å²) in [5.41, 5.74) is 1.36. The van der Waals surface area contributed by atoms with Gasteiger partial charge in [-0.05, 0) is 37.1 Å². The van der Waals surface area contributed by atoms with Crippen molar-refractivity contribution in [2.24, 2.45) is 0 Å². The summed E-state index contributed by atoms with van der Waals surface area (Å²) in [6.07, 6.45) is 4.06. The first-order chi connectivity index (χ1) is 11.9. The molecule has 3 fully saturated rings. The van der Waals surface area contributed by atoms with Crippen LogP contribution in [-0.4, -0.2) is 57.3 Å². The molecule has 6 rings (SSSR count). The molecule has 3 aromatic heterocycles. The Bertz CT molecular complexity index is 870. The summed E-state index contributed by atoms with van der Waals surface area (Å²) in [6.45, 7) is 4.34. The molecule has 6 heterocycles. The Balaban J connectivity index is 1.47. The molecule has 0 saturated carbocycles. The monoisotopic (exact) mass is 322 g/mol. The lowest BCUT2D eigenvalue weighted by Crippen LogP contribution is -2.38. The van der Waals surface area contributed by atoms with Crippen molar-refractivity contribution >= 4 is 17.0 Å². The van der Waals surface area contributed by atoms with Gasteiger partial charge in [-0.15, -0.1) is 5.10 Å². The highest BCUT2D eigenvalue weighted by molar-refractivity contribution is 5.76. The average Bonchev–Trinajstić information content (AvgIpc) is 2.94. The molecule has 0 spiro atoms. The minimum absolute atomic E-state index is 0.455. The number of aromatic nitrogens is 4. The molecule has 7 nitrogen and oxygen atoms in total. The van der Waals surface area contributed by atoms with E-state index in [9.17, 15) is 0 Å². The van der Waals surface area contributed by atoms with Crippen molar-refractivity contribution in [2.75, 3.05) is 31.1 Å². The van der Waals surface area contributed by atoms with Gasteiger partial charge < -0.3 is 14.2 Å². The van der Waals surface area contributed by atoms with Crippen LogP contribution in [0, 0.1) is 0 Å². The summed E-state index contributed by atoms with van der Waals surface area (Å²) < 4.78 is 5.96. The first-order valence-corrected chi connectivity index (χ1v) is 8.41. The molecule has 24 heavy (non-hydrogen) atoms. The third-order valence-electron chi connectivity index (χ3n) is 5.00. The molecule has 0 aliphatic carbocycles. The van der Waals surface area contributed by atoms with Crippen LogP contribution in [0.15, 0.2) is 34.9 Å². The number of fused-ring (bicyclic) bond motifs is 5. The van der Waals surface area contributed by atoms with Crippen molar-refractivity contribution in [1.29, 1.82) is 0 Å². The van der Waals surface area contributed by atoms with Crippen molar-refractivity contribution in [2.45, 2.75) is 18.9 Å². The fourth-order valence-corrected chi connectivity index (χ4v) is 3.65. The zero-order valence-electron chi connectivity index (χ0n) is 13.3. The van der Waals surface area contributed by atoms with Gasteiger partial charge in [0.1, 0.15) is 5.69 Å². The number of hydrogen-bond acceptors (Lipinski definition) is 7. The van der Waals surface area contributed by atoms with Gasteiger partial charge in [0.25, 0.3) is 5.89 Å². The second-order valence-electron chi connectivity index (χ2n) is 6.40. The molecule has 0 atom stereocenters. The maximum Gasteiger partial charge on any atom is 0.318 e. The van der Waals surface area contributed by atoms with Gasteiger partial charge in [-0.25, -0.2) is 9.97 Å². The normalized spacial score (nSPS) is 23.6. The molecule has 0 amide bonds. The lowest BCUT2D eigenvalue weighted by Gasteiger charge is -2.29. The van der Waals surface area contributed by atoms with Gasteiger partial charge in [0, 0.05) is 43.8 Å². The lowest BCUT2D eigenvalue weighted by atomic mass is 10.1. The standard InChI is InChI=1S/C17H18N6O/c1-2-12-3-4-14(19-15(12)18-7-1)16-20-21-17(24-16)23-11-10-22-8-5-13(23)6-9-22/h1-4,7,13H,5-6,8-11H2. The van der Waals surface area contributed by atoms with E-state index >= 15 is 0 Å². The van der Waals surface area contributed by atoms with Crippen LogP contribution in [-0.2, 0) is 0 Å². The summed E-state index contributed by atoms with van der Waals surface area (Å²) in [7, 11) is 0. The van der Waals surface area contributed by atoms with Gasteiger partial charge in [-0.1, -0.05) is 5.10 Å². The molecular formula is C17H18N6O. The van der Waals surface area contributed by atoms with Crippen LogP contribution in [0.1, 0.15) is 12.8 Å². The molecule has 3 saturated heterocycles.